The number of carbonyl (C=O) groups is 1. The van der Waals surface area contributed by atoms with Gasteiger partial charge in [-0.1, -0.05) is 6.07 Å². The zero-order chi connectivity index (χ0) is 15.4. The molecule has 0 saturated carbocycles. The normalized spacial score (nSPS) is 21.5. The van der Waals surface area contributed by atoms with Crippen LogP contribution in [0, 0.1) is 11.6 Å². The molecular weight excluding hydrogens is 278 g/mol. The summed E-state index contributed by atoms with van der Waals surface area (Å²) in [6.45, 7) is 3.28. The third-order valence-corrected chi connectivity index (χ3v) is 3.77. The number of rotatable bonds is 5. The highest BCUT2D eigenvalue weighted by molar-refractivity contribution is 5.82. The summed E-state index contributed by atoms with van der Waals surface area (Å²) in [4.78, 5) is 14.1. The van der Waals surface area contributed by atoms with Crippen LogP contribution in [0.5, 0.6) is 0 Å². The molecule has 1 amide bonds. The van der Waals surface area contributed by atoms with Crippen molar-refractivity contribution in [3.05, 3.63) is 35.4 Å². The number of hydrogen-bond donors (Lipinski definition) is 1. The Hall–Kier alpha value is -1.53. The van der Waals surface area contributed by atoms with Gasteiger partial charge in [0.2, 0.25) is 5.91 Å². The fourth-order valence-electron chi connectivity index (χ4n) is 2.50. The first-order chi connectivity index (χ1) is 10.0. The van der Waals surface area contributed by atoms with Gasteiger partial charge in [-0.25, -0.2) is 8.78 Å². The van der Waals surface area contributed by atoms with Crippen LogP contribution in [0.25, 0.3) is 0 Å². The maximum absolute atomic E-state index is 13.2. The zero-order valence-corrected chi connectivity index (χ0v) is 12.2. The van der Waals surface area contributed by atoms with Crippen LogP contribution in [-0.4, -0.2) is 43.2 Å². The number of halogens is 2. The lowest BCUT2D eigenvalue weighted by molar-refractivity contribution is -0.133. The second-order valence-electron chi connectivity index (χ2n) is 5.16. The van der Waals surface area contributed by atoms with E-state index >= 15 is 0 Å². The minimum atomic E-state index is -0.894. The SMILES string of the molecule is CCN(Cc1ccc(F)c(F)c1)C(=O)C1CC(OC)CN1. The summed E-state index contributed by atoms with van der Waals surface area (Å²) in [6, 6.07) is 3.43. The van der Waals surface area contributed by atoms with Gasteiger partial charge in [0.1, 0.15) is 0 Å². The maximum atomic E-state index is 13.2. The molecule has 1 aromatic carbocycles. The molecule has 0 bridgehead atoms. The second-order valence-corrected chi connectivity index (χ2v) is 5.16. The number of ether oxygens (including phenoxy) is 1. The summed E-state index contributed by atoms with van der Waals surface area (Å²) in [5.41, 5.74) is 0.574. The van der Waals surface area contributed by atoms with Gasteiger partial charge in [0.15, 0.2) is 11.6 Å². The lowest BCUT2D eigenvalue weighted by Crippen LogP contribution is -2.43. The van der Waals surface area contributed by atoms with Gasteiger partial charge in [0.25, 0.3) is 0 Å². The first-order valence-corrected chi connectivity index (χ1v) is 7.04. The van der Waals surface area contributed by atoms with E-state index in [0.29, 0.717) is 25.1 Å². The monoisotopic (exact) mass is 298 g/mol. The van der Waals surface area contributed by atoms with Gasteiger partial charge in [-0.15, -0.1) is 0 Å². The van der Waals surface area contributed by atoms with Gasteiger partial charge in [-0.2, -0.15) is 0 Å². The highest BCUT2D eigenvalue weighted by Gasteiger charge is 2.31. The topological polar surface area (TPSA) is 41.6 Å². The Morgan fingerprint density at radius 2 is 2.19 bits per heavy atom. The largest absolute Gasteiger partial charge is 0.380 e. The van der Waals surface area contributed by atoms with Gasteiger partial charge >= 0.3 is 0 Å². The van der Waals surface area contributed by atoms with Crippen LogP contribution in [0.3, 0.4) is 0 Å². The minimum absolute atomic E-state index is 0.0400. The number of nitrogens with zero attached hydrogens (tertiary/aromatic N) is 1. The molecule has 1 aliphatic rings. The van der Waals surface area contributed by atoms with E-state index in [9.17, 15) is 13.6 Å². The van der Waals surface area contributed by atoms with E-state index in [1.807, 2.05) is 6.92 Å². The van der Waals surface area contributed by atoms with Crippen molar-refractivity contribution in [1.82, 2.24) is 10.2 Å². The molecule has 4 nitrogen and oxygen atoms in total. The molecule has 1 N–H and O–H groups in total. The number of carbonyl (C=O) groups excluding carboxylic acids is 1. The van der Waals surface area contributed by atoms with Crippen molar-refractivity contribution in [2.45, 2.75) is 32.0 Å². The van der Waals surface area contributed by atoms with Gasteiger partial charge in [-0.05, 0) is 31.0 Å². The van der Waals surface area contributed by atoms with E-state index in [-0.39, 0.29) is 24.6 Å². The summed E-state index contributed by atoms with van der Waals surface area (Å²) in [6.07, 6.45) is 0.671. The van der Waals surface area contributed by atoms with Crippen LogP contribution in [-0.2, 0) is 16.1 Å². The van der Waals surface area contributed by atoms with Gasteiger partial charge in [0.05, 0.1) is 12.1 Å². The predicted octanol–water partition coefficient (Wildman–Crippen LogP) is 1.69. The fraction of sp³-hybridized carbons (Fsp3) is 0.533. The molecule has 0 spiro atoms. The number of likely N-dealkylation sites (N-methyl/N-ethyl adjacent to an activating group) is 1. The maximum Gasteiger partial charge on any atom is 0.240 e. The van der Waals surface area contributed by atoms with Crippen LogP contribution in [0.2, 0.25) is 0 Å². The fourth-order valence-corrected chi connectivity index (χ4v) is 2.50. The average Bonchev–Trinajstić information content (AvgIpc) is 2.96. The summed E-state index contributed by atoms with van der Waals surface area (Å²) in [7, 11) is 1.62. The molecule has 0 aliphatic carbocycles. The van der Waals surface area contributed by atoms with E-state index in [0.717, 1.165) is 12.1 Å². The van der Waals surface area contributed by atoms with Crippen molar-refractivity contribution in [3.8, 4) is 0 Å². The number of amides is 1. The van der Waals surface area contributed by atoms with Crippen molar-refractivity contribution in [1.29, 1.82) is 0 Å². The highest BCUT2D eigenvalue weighted by Crippen LogP contribution is 2.15. The van der Waals surface area contributed by atoms with Crippen LogP contribution >= 0.6 is 0 Å². The van der Waals surface area contributed by atoms with Crippen molar-refractivity contribution in [3.63, 3.8) is 0 Å². The lowest BCUT2D eigenvalue weighted by atomic mass is 10.1. The summed E-state index contributed by atoms with van der Waals surface area (Å²) < 4.78 is 31.4. The Balaban J connectivity index is 2.02. The first-order valence-electron chi connectivity index (χ1n) is 7.04. The van der Waals surface area contributed by atoms with Crippen LogP contribution in [0.1, 0.15) is 18.9 Å². The van der Waals surface area contributed by atoms with Crippen LogP contribution < -0.4 is 5.32 Å². The summed E-state index contributed by atoms with van der Waals surface area (Å²) in [5, 5.41) is 3.13. The molecule has 0 aromatic heterocycles. The van der Waals surface area contributed by atoms with Crippen molar-refractivity contribution in [2.24, 2.45) is 0 Å². The molecule has 1 aliphatic heterocycles. The molecule has 1 saturated heterocycles. The van der Waals surface area contributed by atoms with E-state index in [2.05, 4.69) is 5.32 Å². The molecule has 116 valence electrons. The van der Waals surface area contributed by atoms with Crippen LogP contribution in [0.4, 0.5) is 8.78 Å². The van der Waals surface area contributed by atoms with E-state index < -0.39 is 11.6 Å². The third-order valence-electron chi connectivity index (χ3n) is 3.77. The number of methoxy groups -OCH3 is 1. The van der Waals surface area contributed by atoms with Crippen LogP contribution in [0.15, 0.2) is 18.2 Å². The Labute approximate surface area is 123 Å². The molecule has 2 atom stereocenters. The predicted molar refractivity (Wildman–Crippen MR) is 74.7 cm³/mol. The number of nitrogens with one attached hydrogen (secondary N) is 1. The van der Waals surface area contributed by atoms with Crippen molar-refractivity contribution >= 4 is 5.91 Å². The molecule has 6 heteroatoms. The van der Waals surface area contributed by atoms with E-state index in [1.165, 1.54) is 6.07 Å². The quantitative estimate of drug-likeness (QED) is 0.899. The molecule has 2 rings (SSSR count). The van der Waals surface area contributed by atoms with E-state index in [4.69, 9.17) is 4.74 Å². The molecular formula is C15H20F2N2O2. The van der Waals surface area contributed by atoms with Crippen molar-refractivity contribution < 1.29 is 18.3 Å². The standard InChI is InChI=1S/C15H20F2N2O2/c1-3-19(9-10-4-5-12(16)13(17)6-10)15(20)14-7-11(21-2)8-18-14/h4-6,11,14,18H,3,7-9H2,1-2H3. The first kappa shape index (κ1) is 15.9. The van der Waals surface area contributed by atoms with Crippen molar-refractivity contribution in [2.75, 3.05) is 20.2 Å². The molecule has 0 radical (unpaired) electrons. The Bertz CT molecular complexity index is 510. The Kier molecular flexibility index (Phi) is 5.25. The highest BCUT2D eigenvalue weighted by atomic mass is 19.2. The zero-order valence-electron chi connectivity index (χ0n) is 12.2. The molecule has 1 fully saturated rings. The lowest BCUT2D eigenvalue weighted by Gasteiger charge is -2.24. The molecule has 2 unspecified atom stereocenters. The smallest absolute Gasteiger partial charge is 0.240 e. The summed E-state index contributed by atoms with van der Waals surface area (Å²) in [5.74, 6) is -1.82. The average molecular weight is 298 g/mol. The second kappa shape index (κ2) is 6.95. The number of hydrogen-bond acceptors (Lipinski definition) is 3. The Morgan fingerprint density at radius 3 is 2.76 bits per heavy atom. The number of benzene rings is 1. The van der Waals surface area contributed by atoms with Gasteiger partial charge < -0.3 is 15.0 Å². The molecule has 21 heavy (non-hydrogen) atoms. The third kappa shape index (κ3) is 3.77. The molecule has 1 aromatic rings. The van der Waals surface area contributed by atoms with Gasteiger partial charge in [-0.3, -0.25) is 4.79 Å². The van der Waals surface area contributed by atoms with E-state index in [1.54, 1.807) is 12.0 Å². The summed E-state index contributed by atoms with van der Waals surface area (Å²) >= 11 is 0. The van der Waals surface area contributed by atoms with Gasteiger partial charge in [0, 0.05) is 26.7 Å². The Morgan fingerprint density at radius 1 is 1.43 bits per heavy atom. The minimum Gasteiger partial charge on any atom is -0.380 e. The molecule has 1 heterocycles.